The van der Waals surface area contributed by atoms with Gasteiger partial charge in [0.15, 0.2) is 0 Å². The molecule has 1 aromatic carbocycles. The molecule has 5 nitrogen and oxygen atoms in total. The van der Waals surface area contributed by atoms with Gasteiger partial charge in [0.1, 0.15) is 5.82 Å². The minimum Gasteiger partial charge on any atom is -0.326 e. The number of benzene rings is 1. The van der Waals surface area contributed by atoms with Crippen molar-refractivity contribution < 1.29 is 14.0 Å². The zero-order chi connectivity index (χ0) is 14.0. The third-order valence-corrected chi connectivity index (χ3v) is 3.18. The van der Waals surface area contributed by atoms with E-state index in [1.54, 1.807) is 17.9 Å². The van der Waals surface area contributed by atoms with E-state index in [-0.39, 0.29) is 30.7 Å². The monoisotopic (exact) mass is 265 g/mol. The number of carbonyl (C=O) groups is 2. The Hall–Kier alpha value is -1.79. The molecule has 1 fully saturated rings. The molecule has 1 atom stereocenters. The summed E-state index contributed by atoms with van der Waals surface area (Å²) >= 11 is 0. The molecule has 0 aliphatic carbocycles. The van der Waals surface area contributed by atoms with Crippen LogP contribution in [0.2, 0.25) is 0 Å². The van der Waals surface area contributed by atoms with Crippen molar-refractivity contribution in [3.63, 3.8) is 0 Å². The molecule has 102 valence electrons. The summed E-state index contributed by atoms with van der Waals surface area (Å²) in [6.07, 6.45) is 0. The number of rotatable bonds is 3. The lowest BCUT2D eigenvalue weighted by molar-refractivity contribution is -0.139. The first-order valence-electron chi connectivity index (χ1n) is 6.05. The van der Waals surface area contributed by atoms with Crippen molar-refractivity contribution in [2.24, 2.45) is 5.73 Å². The van der Waals surface area contributed by atoms with Gasteiger partial charge < -0.3 is 5.73 Å². The number of nitrogens with two attached hydrogens (primary N) is 1. The van der Waals surface area contributed by atoms with Crippen LogP contribution in [0.4, 0.5) is 4.39 Å². The van der Waals surface area contributed by atoms with Crippen LogP contribution in [0.1, 0.15) is 18.1 Å². The maximum Gasteiger partial charge on any atom is 0.243 e. The number of hydrogen-bond acceptors (Lipinski definition) is 4. The average Bonchev–Trinajstić information content (AvgIpc) is 2.34. The van der Waals surface area contributed by atoms with Crippen LogP contribution in [0.5, 0.6) is 0 Å². The summed E-state index contributed by atoms with van der Waals surface area (Å²) in [5, 5.41) is 2.27. The summed E-state index contributed by atoms with van der Waals surface area (Å²) in [5.41, 5.74) is 6.89. The van der Waals surface area contributed by atoms with Crippen molar-refractivity contribution in [2.75, 3.05) is 6.54 Å². The molecule has 0 aromatic heterocycles. The number of carbonyl (C=O) groups excluding carboxylic acids is 2. The lowest BCUT2D eigenvalue weighted by Crippen LogP contribution is -2.56. The Morgan fingerprint density at radius 3 is 2.74 bits per heavy atom. The first kappa shape index (κ1) is 13.6. The summed E-state index contributed by atoms with van der Waals surface area (Å²) in [5.74, 6) is -1.02. The number of hydrogen-bond donors (Lipinski definition) is 2. The normalized spacial score (nSPS) is 20.5. The van der Waals surface area contributed by atoms with Gasteiger partial charge in [-0.3, -0.25) is 19.8 Å². The highest BCUT2D eigenvalue weighted by molar-refractivity contribution is 6.00. The third kappa shape index (κ3) is 3.15. The largest absolute Gasteiger partial charge is 0.326 e. The Morgan fingerprint density at radius 1 is 1.37 bits per heavy atom. The van der Waals surface area contributed by atoms with Gasteiger partial charge in [-0.05, 0) is 30.2 Å². The van der Waals surface area contributed by atoms with E-state index >= 15 is 0 Å². The molecule has 1 heterocycles. The van der Waals surface area contributed by atoms with Crippen LogP contribution in [0, 0.1) is 5.82 Å². The van der Waals surface area contributed by atoms with Crippen molar-refractivity contribution in [1.82, 2.24) is 10.2 Å². The molecule has 0 saturated carbocycles. The second kappa shape index (κ2) is 5.46. The van der Waals surface area contributed by atoms with Gasteiger partial charge in [-0.2, -0.15) is 0 Å². The van der Waals surface area contributed by atoms with Crippen molar-refractivity contribution in [3.05, 3.63) is 35.1 Å². The highest BCUT2D eigenvalue weighted by Gasteiger charge is 2.30. The van der Waals surface area contributed by atoms with Crippen LogP contribution in [-0.2, 0) is 22.7 Å². The van der Waals surface area contributed by atoms with Crippen LogP contribution in [0.15, 0.2) is 18.2 Å². The quantitative estimate of drug-likeness (QED) is 0.762. The van der Waals surface area contributed by atoms with Gasteiger partial charge in [0.25, 0.3) is 0 Å². The fourth-order valence-corrected chi connectivity index (χ4v) is 2.12. The molecule has 6 heteroatoms. The molecule has 0 spiro atoms. The lowest BCUT2D eigenvalue weighted by Gasteiger charge is -2.31. The molecule has 1 aliphatic heterocycles. The van der Waals surface area contributed by atoms with E-state index in [1.807, 2.05) is 0 Å². The molecule has 0 radical (unpaired) electrons. The molecule has 2 amide bonds. The highest BCUT2D eigenvalue weighted by Crippen LogP contribution is 2.14. The summed E-state index contributed by atoms with van der Waals surface area (Å²) in [6, 6.07) is 4.14. The summed E-state index contributed by atoms with van der Waals surface area (Å²) in [4.78, 5) is 24.6. The Bertz CT molecular complexity index is 519. The maximum absolute atomic E-state index is 13.4. The highest BCUT2D eigenvalue weighted by atomic mass is 19.1. The van der Waals surface area contributed by atoms with Crippen molar-refractivity contribution in [1.29, 1.82) is 0 Å². The molecule has 1 aliphatic rings. The summed E-state index contributed by atoms with van der Waals surface area (Å²) in [7, 11) is 0. The minimum absolute atomic E-state index is 0.126. The molecule has 1 aromatic rings. The predicted molar refractivity (Wildman–Crippen MR) is 67.3 cm³/mol. The second-order valence-corrected chi connectivity index (χ2v) is 4.67. The van der Waals surface area contributed by atoms with Gasteiger partial charge in [-0.25, -0.2) is 4.39 Å². The van der Waals surface area contributed by atoms with Crippen LogP contribution in [-0.4, -0.2) is 29.3 Å². The zero-order valence-electron chi connectivity index (χ0n) is 10.6. The Labute approximate surface area is 110 Å². The van der Waals surface area contributed by atoms with Crippen molar-refractivity contribution in [3.8, 4) is 0 Å². The van der Waals surface area contributed by atoms with Gasteiger partial charge in [0.2, 0.25) is 11.8 Å². The zero-order valence-corrected chi connectivity index (χ0v) is 10.6. The first-order valence-corrected chi connectivity index (χ1v) is 6.05. The first-order chi connectivity index (χ1) is 8.99. The van der Waals surface area contributed by atoms with Gasteiger partial charge in [0, 0.05) is 13.1 Å². The molecule has 1 saturated heterocycles. The van der Waals surface area contributed by atoms with Crippen molar-refractivity contribution in [2.45, 2.75) is 26.1 Å². The number of piperazine rings is 1. The number of imide groups is 1. The van der Waals surface area contributed by atoms with Gasteiger partial charge in [-0.15, -0.1) is 0 Å². The SMILES string of the molecule is CC1C(=O)NC(=O)CN1Cc1cc(F)cc(CN)c1. The fourth-order valence-electron chi connectivity index (χ4n) is 2.12. The number of halogens is 1. The summed E-state index contributed by atoms with van der Waals surface area (Å²) in [6.45, 7) is 2.43. The topological polar surface area (TPSA) is 75.4 Å². The van der Waals surface area contributed by atoms with Crippen LogP contribution < -0.4 is 11.1 Å². The Kier molecular flexibility index (Phi) is 3.92. The third-order valence-electron chi connectivity index (χ3n) is 3.18. The van der Waals surface area contributed by atoms with E-state index in [9.17, 15) is 14.0 Å². The van der Waals surface area contributed by atoms with Crippen molar-refractivity contribution >= 4 is 11.8 Å². The maximum atomic E-state index is 13.4. The average molecular weight is 265 g/mol. The number of nitrogens with one attached hydrogen (secondary N) is 1. The van der Waals surface area contributed by atoms with Crippen LogP contribution >= 0.6 is 0 Å². The molecular weight excluding hydrogens is 249 g/mol. The number of amides is 2. The van der Waals surface area contributed by atoms with Gasteiger partial charge in [-0.1, -0.05) is 6.07 Å². The van der Waals surface area contributed by atoms with E-state index < -0.39 is 6.04 Å². The Balaban J connectivity index is 2.17. The Morgan fingerprint density at radius 2 is 2.05 bits per heavy atom. The fraction of sp³-hybridized carbons (Fsp3) is 0.385. The number of nitrogens with zero attached hydrogens (tertiary/aromatic N) is 1. The molecule has 0 bridgehead atoms. The lowest BCUT2D eigenvalue weighted by atomic mass is 10.1. The standard InChI is InChI=1S/C13H16FN3O2/c1-8-13(19)16-12(18)7-17(8)6-10-2-9(5-15)3-11(14)4-10/h2-4,8H,5-7,15H2,1H3,(H,16,18,19). The molecular formula is C13H16FN3O2. The minimum atomic E-state index is -0.415. The molecule has 19 heavy (non-hydrogen) atoms. The van der Waals surface area contributed by atoms with Gasteiger partial charge >= 0.3 is 0 Å². The second-order valence-electron chi connectivity index (χ2n) is 4.67. The molecule has 2 rings (SSSR count). The molecule has 3 N–H and O–H groups in total. The van der Waals surface area contributed by atoms with E-state index in [1.165, 1.54) is 12.1 Å². The molecule has 1 unspecified atom stereocenters. The smallest absolute Gasteiger partial charge is 0.243 e. The van der Waals surface area contributed by atoms with E-state index in [0.29, 0.717) is 17.7 Å². The van der Waals surface area contributed by atoms with Gasteiger partial charge in [0.05, 0.1) is 12.6 Å². The van der Waals surface area contributed by atoms with E-state index in [0.717, 1.165) is 0 Å². The predicted octanol–water partition coefficient (Wildman–Crippen LogP) is 0.131. The summed E-state index contributed by atoms with van der Waals surface area (Å²) < 4.78 is 13.4. The van der Waals surface area contributed by atoms with Crippen LogP contribution in [0.25, 0.3) is 0 Å². The van der Waals surface area contributed by atoms with E-state index in [4.69, 9.17) is 5.73 Å². The van der Waals surface area contributed by atoms with E-state index in [2.05, 4.69) is 5.32 Å². The van der Waals surface area contributed by atoms with Crippen LogP contribution in [0.3, 0.4) is 0 Å².